The first-order valence-electron chi connectivity index (χ1n) is 10.4. The monoisotopic (exact) mass is 646 g/mol. The Hall–Kier alpha value is -1.36. The van der Waals surface area contributed by atoms with Gasteiger partial charge in [-0.2, -0.15) is 0 Å². The molecule has 170 valence electrons. The molecule has 0 radical (unpaired) electrons. The molecule has 4 aromatic heterocycles. The Balaban J connectivity index is 1.33. The minimum atomic E-state index is -0.620. The zero-order valence-electron chi connectivity index (χ0n) is 17.4. The maximum atomic E-state index is 10.9. The normalized spacial score (nSPS) is 13.6. The maximum absolute atomic E-state index is 10.9. The van der Waals surface area contributed by atoms with Gasteiger partial charge in [0.25, 0.3) is 0 Å². The molecule has 0 bridgehead atoms. The minimum absolute atomic E-state index is 0.620. The highest BCUT2D eigenvalue weighted by Gasteiger charge is 2.19. The van der Waals surface area contributed by atoms with Gasteiger partial charge in [-0.25, -0.2) is 0 Å². The van der Waals surface area contributed by atoms with E-state index in [1.54, 1.807) is 45.3 Å². The molecule has 0 fully saturated rings. The summed E-state index contributed by atoms with van der Waals surface area (Å²) in [5.41, 5.74) is 2.29. The summed E-state index contributed by atoms with van der Waals surface area (Å²) >= 11 is 13.5. The predicted octanol–water partition coefficient (Wildman–Crippen LogP) is 9.59. The predicted molar refractivity (Wildman–Crippen MR) is 155 cm³/mol. The molecular formula is C26H16Br2O2S4. The quantitative estimate of drug-likeness (QED) is 0.196. The minimum Gasteiger partial charge on any atom is -0.382 e. The van der Waals surface area contributed by atoms with E-state index >= 15 is 0 Å². The highest BCUT2D eigenvalue weighted by Crippen LogP contribution is 2.41. The van der Waals surface area contributed by atoms with Gasteiger partial charge in [0.1, 0.15) is 12.2 Å². The number of aliphatic hydroxyl groups excluding tert-OH is 2. The molecule has 8 heteroatoms. The smallest absolute Gasteiger partial charge is 0.123 e. The highest BCUT2D eigenvalue weighted by molar-refractivity contribution is 9.10. The first kappa shape index (κ1) is 23.1. The van der Waals surface area contributed by atoms with Crippen molar-refractivity contribution in [3.8, 4) is 11.1 Å². The molecule has 0 spiro atoms. The highest BCUT2D eigenvalue weighted by atomic mass is 79.9. The lowest BCUT2D eigenvalue weighted by Gasteiger charge is -2.06. The first-order valence-corrected chi connectivity index (χ1v) is 15.3. The van der Waals surface area contributed by atoms with Gasteiger partial charge in [-0.3, -0.25) is 0 Å². The van der Waals surface area contributed by atoms with Gasteiger partial charge < -0.3 is 10.2 Å². The van der Waals surface area contributed by atoms with Crippen LogP contribution in [0.1, 0.15) is 31.7 Å². The summed E-state index contributed by atoms with van der Waals surface area (Å²) in [5.74, 6) is 0. The maximum Gasteiger partial charge on any atom is 0.123 e. The second kappa shape index (κ2) is 9.26. The van der Waals surface area contributed by atoms with Gasteiger partial charge in [0.15, 0.2) is 0 Å². The standard InChI is InChI=1S/C26H16Br2O2S4/c27-17-5-7-31-25(17)23(29)21-11-15-3-1-13(9-19(15)33-21)14-2-4-16-12-22(34-20(16)10-14)24(30)26-18(28)6-8-32-26/h1-12,23-24,29-30H. The summed E-state index contributed by atoms with van der Waals surface area (Å²) < 4.78 is 4.21. The van der Waals surface area contributed by atoms with Crippen LogP contribution in [0.4, 0.5) is 0 Å². The number of hydrogen-bond donors (Lipinski definition) is 2. The van der Waals surface area contributed by atoms with Crippen LogP contribution >= 0.6 is 77.2 Å². The van der Waals surface area contributed by atoms with E-state index in [4.69, 9.17) is 0 Å². The molecule has 2 aromatic carbocycles. The number of rotatable bonds is 5. The van der Waals surface area contributed by atoms with Crippen LogP contribution < -0.4 is 0 Å². The van der Waals surface area contributed by atoms with Crippen LogP contribution in [0.5, 0.6) is 0 Å². The lowest BCUT2D eigenvalue weighted by molar-refractivity contribution is 0.227. The van der Waals surface area contributed by atoms with Gasteiger partial charge in [0, 0.05) is 28.1 Å². The van der Waals surface area contributed by atoms with E-state index in [0.717, 1.165) is 59.8 Å². The number of halogens is 2. The Kier molecular flexibility index (Phi) is 6.28. The third kappa shape index (κ3) is 4.14. The summed E-state index contributed by atoms with van der Waals surface area (Å²) in [6.45, 7) is 0. The molecule has 2 nitrogen and oxygen atoms in total. The van der Waals surface area contributed by atoms with E-state index in [1.165, 1.54) is 0 Å². The Morgan fingerprint density at radius 3 is 1.41 bits per heavy atom. The lowest BCUT2D eigenvalue weighted by Crippen LogP contribution is -1.93. The largest absolute Gasteiger partial charge is 0.382 e. The Bertz CT molecular complexity index is 1520. The number of fused-ring (bicyclic) bond motifs is 2. The summed E-state index contributed by atoms with van der Waals surface area (Å²) in [6.07, 6.45) is -1.24. The number of benzene rings is 2. The molecule has 6 aromatic rings. The summed E-state index contributed by atoms with van der Waals surface area (Å²) in [6, 6.07) is 21.0. The summed E-state index contributed by atoms with van der Waals surface area (Å²) in [4.78, 5) is 3.76. The third-order valence-corrected chi connectivity index (χ3v) is 11.9. The van der Waals surface area contributed by atoms with Gasteiger partial charge in [0.05, 0.1) is 9.75 Å². The van der Waals surface area contributed by atoms with Crippen molar-refractivity contribution in [1.29, 1.82) is 0 Å². The van der Waals surface area contributed by atoms with E-state index in [0.29, 0.717) is 0 Å². The van der Waals surface area contributed by atoms with Crippen molar-refractivity contribution in [1.82, 2.24) is 0 Å². The molecule has 2 unspecified atom stereocenters. The third-order valence-electron chi connectivity index (χ3n) is 5.74. The fourth-order valence-corrected chi connectivity index (χ4v) is 9.52. The molecule has 0 saturated heterocycles. The van der Waals surface area contributed by atoms with Crippen LogP contribution in [-0.2, 0) is 0 Å². The van der Waals surface area contributed by atoms with Gasteiger partial charge in [-0.05, 0) is 101 Å². The van der Waals surface area contributed by atoms with Crippen LogP contribution in [0.2, 0.25) is 0 Å². The van der Waals surface area contributed by atoms with E-state index in [2.05, 4.69) is 80.4 Å². The SMILES string of the molecule is OC(c1cc2ccc(-c3ccc4cc(C(O)c5sccc5Br)sc4c3)cc2s1)c1sccc1Br. The van der Waals surface area contributed by atoms with Crippen LogP contribution in [-0.4, -0.2) is 10.2 Å². The summed E-state index contributed by atoms with van der Waals surface area (Å²) in [5, 5.41) is 28.0. The van der Waals surface area contributed by atoms with Crippen molar-refractivity contribution in [2.24, 2.45) is 0 Å². The van der Waals surface area contributed by atoms with Crippen LogP contribution in [0, 0.1) is 0 Å². The van der Waals surface area contributed by atoms with Gasteiger partial charge >= 0.3 is 0 Å². The van der Waals surface area contributed by atoms with Gasteiger partial charge in [-0.1, -0.05) is 24.3 Å². The Labute approximate surface area is 229 Å². The molecule has 6 rings (SSSR count). The molecule has 0 saturated carbocycles. The Morgan fingerprint density at radius 2 is 1.03 bits per heavy atom. The van der Waals surface area contributed by atoms with Crippen molar-refractivity contribution >= 4 is 97.4 Å². The first-order chi connectivity index (χ1) is 16.5. The lowest BCUT2D eigenvalue weighted by atomic mass is 10.0. The number of hydrogen-bond acceptors (Lipinski definition) is 6. The molecule has 34 heavy (non-hydrogen) atoms. The topological polar surface area (TPSA) is 40.5 Å². The van der Waals surface area contributed by atoms with Crippen molar-refractivity contribution < 1.29 is 10.2 Å². The van der Waals surface area contributed by atoms with E-state index in [-0.39, 0.29) is 0 Å². The molecule has 0 aliphatic rings. The molecule has 0 aliphatic carbocycles. The molecular weight excluding hydrogens is 632 g/mol. The fourth-order valence-electron chi connectivity index (χ4n) is 3.99. The van der Waals surface area contributed by atoms with Gasteiger partial charge in [0.2, 0.25) is 0 Å². The van der Waals surface area contributed by atoms with E-state index in [1.807, 2.05) is 22.9 Å². The molecule has 4 heterocycles. The van der Waals surface area contributed by atoms with Crippen molar-refractivity contribution in [3.63, 3.8) is 0 Å². The second-order valence-electron chi connectivity index (χ2n) is 7.87. The van der Waals surface area contributed by atoms with Crippen LogP contribution in [0.15, 0.2) is 80.4 Å². The van der Waals surface area contributed by atoms with Crippen molar-refractivity contribution in [2.75, 3.05) is 0 Å². The van der Waals surface area contributed by atoms with Crippen LogP contribution in [0.25, 0.3) is 31.3 Å². The van der Waals surface area contributed by atoms with Crippen molar-refractivity contribution in [3.05, 3.63) is 99.9 Å². The average Bonchev–Trinajstić information content (AvgIpc) is 3.62. The fraction of sp³-hybridized carbons (Fsp3) is 0.0769. The summed E-state index contributed by atoms with van der Waals surface area (Å²) in [7, 11) is 0. The van der Waals surface area contributed by atoms with Crippen molar-refractivity contribution in [2.45, 2.75) is 12.2 Å². The average molecular weight is 648 g/mol. The molecule has 2 atom stereocenters. The molecule has 0 amide bonds. The van der Waals surface area contributed by atoms with Crippen LogP contribution in [0.3, 0.4) is 0 Å². The Morgan fingerprint density at radius 1 is 0.588 bits per heavy atom. The zero-order chi connectivity index (χ0) is 23.4. The van der Waals surface area contributed by atoms with E-state index in [9.17, 15) is 10.2 Å². The zero-order valence-corrected chi connectivity index (χ0v) is 23.8. The molecule has 0 aliphatic heterocycles. The van der Waals surface area contributed by atoms with E-state index < -0.39 is 12.2 Å². The second-order valence-corrected chi connectivity index (χ2v) is 13.7. The number of thiophene rings is 4. The van der Waals surface area contributed by atoms with Gasteiger partial charge in [-0.15, -0.1) is 45.3 Å². The number of aliphatic hydroxyl groups is 2. The molecule has 2 N–H and O–H groups in total.